The van der Waals surface area contributed by atoms with E-state index in [2.05, 4.69) is 5.32 Å². The highest BCUT2D eigenvalue weighted by atomic mass is 16.5. The number of carbonyl (C=O) groups excluding carboxylic acids is 2. The van der Waals surface area contributed by atoms with Crippen molar-refractivity contribution in [2.45, 2.75) is 37.8 Å². The smallest absolute Gasteiger partial charge is 0.290 e. The van der Waals surface area contributed by atoms with Crippen molar-refractivity contribution in [2.75, 3.05) is 33.4 Å². The van der Waals surface area contributed by atoms with Crippen LogP contribution < -0.4 is 10.9 Å². The number of aliphatic hydroxyl groups is 1. The van der Waals surface area contributed by atoms with Crippen molar-refractivity contribution < 1.29 is 29.3 Å². The van der Waals surface area contributed by atoms with Gasteiger partial charge in [0.05, 0.1) is 12.6 Å². The summed E-state index contributed by atoms with van der Waals surface area (Å²) in [6.07, 6.45) is 0.0692. The topological polar surface area (TPSA) is 138 Å². The molecule has 0 aromatic carbocycles. The van der Waals surface area contributed by atoms with Crippen molar-refractivity contribution in [3.05, 3.63) is 34.2 Å². The van der Waals surface area contributed by atoms with E-state index in [1.165, 1.54) is 13.0 Å². The molecule has 1 saturated heterocycles. The Morgan fingerprint density at radius 1 is 1.37 bits per heavy atom. The van der Waals surface area contributed by atoms with E-state index >= 15 is 0 Å². The van der Waals surface area contributed by atoms with Crippen LogP contribution in [0.25, 0.3) is 0 Å². The first-order valence-electron chi connectivity index (χ1n) is 9.85. The largest absolute Gasteiger partial charge is 0.483 e. The second kappa shape index (κ2) is 10.9. The lowest BCUT2D eigenvalue weighted by molar-refractivity contribution is -0.142. The molecular weight excluding hydrogens is 394 g/mol. The average Bonchev–Trinajstić information content (AvgIpc) is 2.72. The molecular formula is C20H29N3O7. The summed E-state index contributed by atoms with van der Waals surface area (Å²) in [5, 5.41) is 19.5. The normalized spacial score (nSPS) is 22.8. The highest BCUT2D eigenvalue weighted by Gasteiger charge is 2.42. The molecule has 0 unspecified atom stereocenters. The first kappa shape index (κ1) is 23.6. The number of methoxy groups -OCH3 is 1. The maximum Gasteiger partial charge on any atom is 0.290 e. The van der Waals surface area contributed by atoms with E-state index in [1.54, 1.807) is 22.6 Å². The minimum absolute atomic E-state index is 0.0433. The zero-order valence-electron chi connectivity index (χ0n) is 17.2. The second-order valence-corrected chi connectivity index (χ2v) is 7.49. The van der Waals surface area contributed by atoms with E-state index in [0.717, 1.165) is 12.1 Å². The number of ether oxygens (including phenoxy) is 1. The van der Waals surface area contributed by atoms with Crippen molar-refractivity contribution in [1.82, 2.24) is 14.8 Å². The average molecular weight is 423 g/mol. The Hall–Kier alpha value is -2.72. The molecule has 0 spiro atoms. The van der Waals surface area contributed by atoms with Gasteiger partial charge in [0.25, 0.3) is 17.9 Å². The van der Waals surface area contributed by atoms with Gasteiger partial charge in [-0.2, -0.15) is 0 Å². The van der Waals surface area contributed by atoms with Crippen LogP contribution in [0.2, 0.25) is 0 Å². The molecule has 2 amide bonds. The third kappa shape index (κ3) is 5.45. The van der Waals surface area contributed by atoms with Crippen LogP contribution in [0.3, 0.4) is 0 Å². The predicted octanol–water partition coefficient (Wildman–Crippen LogP) is -0.431. The second-order valence-electron chi connectivity index (χ2n) is 7.49. The number of pyridine rings is 1. The number of aromatic nitrogens is 1. The monoisotopic (exact) mass is 423 g/mol. The number of amides is 2. The third-order valence-electron chi connectivity index (χ3n) is 5.51. The molecule has 2 aliphatic heterocycles. The maximum atomic E-state index is 12.6. The van der Waals surface area contributed by atoms with Gasteiger partial charge in [0, 0.05) is 50.8 Å². The van der Waals surface area contributed by atoms with Gasteiger partial charge in [-0.1, -0.05) is 6.07 Å². The molecule has 0 radical (unpaired) electrons. The first-order chi connectivity index (χ1) is 14.3. The molecule has 2 aliphatic rings. The van der Waals surface area contributed by atoms with Gasteiger partial charge in [0.1, 0.15) is 6.10 Å². The fourth-order valence-corrected chi connectivity index (χ4v) is 4.25. The SMILES string of the molecule is COCCC(=O)NC[C@H]1[C@H]2C[C@H](CN(C(=O)[C@H](C)O)C2)c2cccc(=O)n21.O=CO. The molecule has 30 heavy (non-hydrogen) atoms. The molecule has 2 bridgehead atoms. The van der Waals surface area contributed by atoms with E-state index in [1.807, 2.05) is 6.07 Å². The number of rotatable bonds is 6. The summed E-state index contributed by atoms with van der Waals surface area (Å²) < 4.78 is 6.70. The van der Waals surface area contributed by atoms with Crippen molar-refractivity contribution in [1.29, 1.82) is 0 Å². The number of carbonyl (C=O) groups is 3. The number of nitrogens with zero attached hydrogens (tertiary/aromatic N) is 2. The summed E-state index contributed by atoms with van der Waals surface area (Å²) in [7, 11) is 1.54. The van der Waals surface area contributed by atoms with Crippen molar-refractivity contribution >= 4 is 18.3 Å². The van der Waals surface area contributed by atoms with Crippen molar-refractivity contribution in [3.8, 4) is 0 Å². The van der Waals surface area contributed by atoms with Crippen LogP contribution in [0.15, 0.2) is 23.0 Å². The Bertz CT molecular complexity index is 808. The van der Waals surface area contributed by atoms with Gasteiger partial charge in [-0.15, -0.1) is 0 Å². The molecule has 3 heterocycles. The van der Waals surface area contributed by atoms with Gasteiger partial charge in [-0.25, -0.2) is 0 Å². The summed E-state index contributed by atoms with van der Waals surface area (Å²) in [5.41, 5.74) is 0.798. The number of hydrogen-bond acceptors (Lipinski definition) is 6. The molecule has 1 aromatic rings. The quantitative estimate of drug-likeness (QED) is 0.528. The fourth-order valence-electron chi connectivity index (χ4n) is 4.25. The van der Waals surface area contributed by atoms with Gasteiger partial charge in [-0.05, 0) is 25.3 Å². The summed E-state index contributed by atoms with van der Waals surface area (Å²) in [6, 6.07) is 4.96. The van der Waals surface area contributed by atoms with Crippen LogP contribution >= 0.6 is 0 Å². The number of carboxylic acid groups (broad SMARTS) is 1. The summed E-state index contributed by atoms with van der Waals surface area (Å²) in [6.45, 7) is 2.86. The molecule has 10 heteroatoms. The van der Waals surface area contributed by atoms with Gasteiger partial charge in [0.2, 0.25) is 5.91 Å². The third-order valence-corrected chi connectivity index (χ3v) is 5.51. The zero-order valence-corrected chi connectivity index (χ0v) is 17.2. The summed E-state index contributed by atoms with van der Waals surface area (Å²) in [4.78, 5) is 46.9. The Balaban J connectivity index is 0.00000101. The molecule has 0 aliphatic carbocycles. The van der Waals surface area contributed by atoms with Crippen molar-refractivity contribution in [2.24, 2.45) is 5.92 Å². The Kier molecular flexibility index (Phi) is 8.55. The van der Waals surface area contributed by atoms with Crippen LogP contribution in [0, 0.1) is 5.92 Å². The van der Waals surface area contributed by atoms with E-state index in [9.17, 15) is 19.5 Å². The molecule has 0 saturated carbocycles. The predicted molar refractivity (Wildman–Crippen MR) is 107 cm³/mol. The molecule has 1 fully saturated rings. The fraction of sp³-hybridized carbons (Fsp3) is 0.600. The molecule has 3 rings (SSSR count). The van der Waals surface area contributed by atoms with Crippen LogP contribution in [-0.2, 0) is 19.1 Å². The first-order valence-corrected chi connectivity index (χ1v) is 9.85. The number of piperidine rings is 1. The lowest BCUT2D eigenvalue weighted by Gasteiger charge is -2.47. The highest BCUT2D eigenvalue weighted by Crippen LogP contribution is 2.40. The Labute approximate surface area is 174 Å². The maximum absolute atomic E-state index is 12.6. The molecule has 1 aromatic heterocycles. The molecule has 166 valence electrons. The van der Waals surface area contributed by atoms with Gasteiger partial charge >= 0.3 is 0 Å². The highest BCUT2D eigenvalue weighted by molar-refractivity contribution is 5.80. The minimum Gasteiger partial charge on any atom is -0.483 e. The van der Waals surface area contributed by atoms with Crippen LogP contribution in [0.1, 0.15) is 37.4 Å². The number of nitrogens with one attached hydrogen (secondary N) is 1. The summed E-state index contributed by atoms with van der Waals surface area (Å²) >= 11 is 0. The van der Waals surface area contributed by atoms with Crippen LogP contribution in [0.4, 0.5) is 0 Å². The lowest BCUT2D eigenvalue weighted by atomic mass is 9.78. The standard InChI is InChI=1S/C19H27N3O5.CH2O2/c1-12(23)19(26)21-10-13-8-14(11-21)16(9-20-17(24)6-7-27-2)22-15(13)4-3-5-18(22)25;2-1-3/h3-5,12-14,16,23H,6-11H2,1-2H3,(H,20,24);1H,(H,2,3)/t12-,13+,14-,16-;/m0./s1. The molecule has 3 N–H and O–H groups in total. The van der Waals surface area contributed by atoms with Gasteiger partial charge in [0.15, 0.2) is 0 Å². The van der Waals surface area contributed by atoms with Gasteiger partial charge in [-0.3, -0.25) is 19.2 Å². The summed E-state index contributed by atoms with van der Waals surface area (Å²) in [5.74, 6) is -0.320. The van der Waals surface area contributed by atoms with E-state index in [-0.39, 0.29) is 48.1 Å². The lowest BCUT2D eigenvalue weighted by Crippen LogP contribution is -2.54. The number of hydrogen-bond donors (Lipinski definition) is 3. The van der Waals surface area contributed by atoms with Crippen LogP contribution in [-0.4, -0.2) is 77.4 Å². The van der Waals surface area contributed by atoms with Crippen LogP contribution in [0.5, 0.6) is 0 Å². The van der Waals surface area contributed by atoms with E-state index in [0.29, 0.717) is 26.2 Å². The molecule has 4 atom stereocenters. The Morgan fingerprint density at radius 3 is 2.70 bits per heavy atom. The minimum atomic E-state index is -1.05. The van der Waals surface area contributed by atoms with Gasteiger partial charge < -0.3 is 29.7 Å². The number of aliphatic hydroxyl groups excluding tert-OH is 1. The van der Waals surface area contributed by atoms with E-state index < -0.39 is 6.10 Å². The number of likely N-dealkylation sites (tertiary alicyclic amines) is 1. The van der Waals surface area contributed by atoms with E-state index in [4.69, 9.17) is 14.6 Å². The Morgan fingerprint density at radius 2 is 2.07 bits per heavy atom. The molecule has 10 nitrogen and oxygen atoms in total. The number of fused-ring (bicyclic) bond motifs is 4. The van der Waals surface area contributed by atoms with Crippen molar-refractivity contribution in [3.63, 3.8) is 0 Å². The zero-order chi connectivity index (χ0) is 22.3.